The predicted octanol–water partition coefficient (Wildman–Crippen LogP) is 3.97. The van der Waals surface area contributed by atoms with Crippen molar-refractivity contribution in [2.24, 2.45) is 0 Å². The van der Waals surface area contributed by atoms with Crippen LogP contribution < -0.4 is 14.8 Å². The number of carbonyl (C=O) groups excluding carboxylic acids is 1. The quantitative estimate of drug-likeness (QED) is 0.761. The average molecular weight is 403 g/mol. The van der Waals surface area contributed by atoms with E-state index in [4.69, 9.17) is 16.3 Å². The van der Waals surface area contributed by atoms with Crippen molar-refractivity contribution in [2.45, 2.75) is 19.5 Å². The van der Waals surface area contributed by atoms with Crippen LogP contribution in [0.1, 0.15) is 21.5 Å². The first-order chi connectivity index (χ1) is 12.7. The molecular weight excluding hydrogens is 385 g/mol. The lowest BCUT2D eigenvalue weighted by molar-refractivity contribution is -0.154. The second kappa shape index (κ2) is 8.94. The van der Waals surface area contributed by atoms with Crippen molar-refractivity contribution in [1.82, 2.24) is 10.3 Å². The highest BCUT2D eigenvalue weighted by Gasteiger charge is 2.29. The van der Waals surface area contributed by atoms with Gasteiger partial charge in [0, 0.05) is 12.7 Å². The van der Waals surface area contributed by atoms with E-state index >= 15 is 0 Å². The van der Waals surface area contributed by atoms with Gasteiger partial charge in [-0.15, -0.1) is 0 Å². The molecule has 0 atom stereocenters. The van der Waals surface area contributed by atoms with Crippen molar-refractivity contribution in [2.75, 3.05) is 20.3 Å². The molecule has 0 saturated carbocycles. The number of nitrogens with zero attached hydrogens (tertiary/aromatic N) is 1. The van der Waals surface area contributed by atoms with E-state index in [0.717, 1.165) is 23.1 Å². The van der Waals surface area contributed by atoms with E-state index in [9.17, 15) is 18.0 Å². The summed E-state index contributed by atoms with van der Waals surface area (Å²) in [6.07, 6.45) is -2.84. The molecule has 0 aliphatic heterocycles. The Morgan fingerprint density at radius 1 is 1.30 bits per heavy atom. The zero-order chi connectivity index (χ0) is 20.0. The van der Waals surface area contributed by atoms with E-state index in [0.29, 0.717) is 13.0 Å². The highest BCUT2D eigenvalue weighted by Crippen LogP contribution is 2.25. The van der Waals surface area contributed by atoms with Crippen LogP contribution in [0.4, 0.5) is 13.2 Å². The lowest BCUT2D eigenvalue weighted by Gasteiger charge is -2.11. The molecule has 1 amide bonds. The van der Waals surface area contributed by atoms with Crippen LogP contribution in [0.15, 0.2) is 30.5 Å². The van der Waals surface area contributed by atoms with Crippen LogP contribution in [-0.2, 0) is 6.42 Å². The van der Waals surface area contributed by atoms with E-state index in [1.807, 2.05) is 25.1 Å². The molecule has 0 spiro atoms. The molecule has 1 aromatic heterocycles. The predicted molar refractivity (Wildman–Crippen MR) is 94.6 cm³/mol. The van der Waals surface area contributed by atoms with Gasteiger partial charge in [0.1, 0.15) is 10.8 Å². The first kappa shape index (κ1) is 20.8. The number of hydrogen-bond acceptors (Lipinski definition) is 4. The van der Waals surface area contributed by atoms with E-state index in [1.165, 1.54) is 6.07 Å². The summed E-state index contributed by atoms with van der Waals surface area (Å²) in [6.45, 7) is 0.782. The standard InChI is InChI=1S/C18H18ClF3N2O3/c1-11-3-4-15(26-2)12(7-11)5-6-23-16(25)13-8-14(19)17(24-9-13)27-10-18(20,21)22/h3-4,7-9H,5-6,10H2,1-2H3,(H,23,25). The van der Waals surface area contributed by atoms with Gasteiger partial charge in [-0.25, -0.2) is 4.98 Å². The molecule has 1 N–H and O–H groups in total. The van der Waals surface area contributed by atoms with Gasteiger partial charge < -0.3 is 14.8 Å². The Balaban J connectivity index is 1.94. The zero-order valence-electron chi connectivity index (χ0n) is 14.7. The Hall–Kier alpha value is -2.48. The van der Waals surface area contributed by atoms with E-state index in [1.54, 1.807) is 7.11 Å². The van der Waals surface area contributed by atoms with Gasteiger partial charge in [-0.2, -0.15) is 13.2 Å². The van der Waals surface area contributed by atoms with Crippen molar-refractivity contribution < 1.29 is 27.4 Å². The van der Waals surface area contributed by atoms with Crippen LogP contribution in [0.5, 0.6) is 11.6 Å². The van der Waals surface area contributed by atoms with Gasteiger partial charge in [-0.1, -0.05) is 29.3 Å². The van der Waals surface area contributed by atoms with Crippen molar-refractivity contribution in [3.05, 3.63) is 52.2 Å². The monoisotopic (exact) mass is 402 g/mol. The molecule has 0 fully saturated rings. The van der Waals surface area contributed by atoms with E-state index < -0.39 is 18.7 Å². The minimum Gasteiger partial charge on any atom is -0.496 e. The Morgan fingerprint density at radius 3 is 2.67 bits per heavy atom. The number of aryl methyl sites for hydroxylation is 1. The molecule has 0 saturated heterocycles. The molecule has 1 aromatic carbocycles. The summed E-state index contributed by atoms with van der Waals surface area (Å²) in [5.74, 6) is -0.0980. The molecule has 0 bridgehead atoms. The van der Waals surface area contributed by atoms with Crippen molar-refractivity contribution in [1.29, 1.82) is 0 Å². The normalized spacial score (nSPS) is 11.2. The van der Waals surface area contributed by atoms with Crippen LogP contribution in [0.2, 0.25) is 5.02 Å². The second-order valence-corrected chi connectivity index (χ2v) is 6.14. The van der Waals surface area contributed by atoms with Gasteiger partial charge in [0.25, 0.3) is 5.91 Å². The van der Waals surface area contributed by atoms with Gasteiger partial charge in [0.2, 0.25) is 5.88 Å². The molecular formula is C18H18ClF3N2O3. The topological polar surface area (TPSA) is 60.5 Å². The smallest absolute Gasteiger partial charge is 0.422 e. The molecule has 5 nitrogen and oxygen atoms in total. The number of rotatable bonds is 7. The number of halogens is 4. The number of benzene rings is 1. The fraction of sp³-hybridized carbons (Fsp3) is 0.333. The maximum absolute atomic E-state index is 12.2. The van der Waals surface area contributed by atoms with Crippen LogP contribution in [0.3, 0.4) is 0 Å². The number of hydrogen-bond donors (Lipinski definition) is 1. The number of ether oxygens (including phenoxy) is 2. The summed E-state index contributed by atoms with van der Waals surface area (Å²) in [5, 5.41) is 2.53. The molecule has 27 heavy (non-hydrogen) atoms. The summed E-state index contributed by atoms with van der Waals surface area (Å²) >= 11 is 5.84. The number of amides is 1. The molecule has 2 rings (SSSR count). The minimum atomic E-state index is -4.50. The number of methoxy groups -OCH3 is 1. The molecule has 0 radical (unpaired) electrons. The van der Waals surface area contributed by atoms with E-state index in [-0.39, 0.29) is 16.5 Å². The van der Waals surface area contributed by atoms with Crippen LogP contribution in [0, 0.1) is 6.92 Å². The Bertz CT molecular complexity index is 813. The summed E-state index contributed by atoms with van der Waals surface area (Å²) in [5.41, 5.74) is 2.14. The third-order valence-electron chi connectivity index (χ3n) is 3.56. The van der Waals surface area contributed by atoms with Crippen molar-refractivity contribution in [3.8, 4) is 11.6 Å². The third kappa shape index (κ3) is 6.32. The molecule has 0 unspecified atom stereocenters. The van der Waals surface area contributed by atoms with Gasteiger partial charge >= 0.3 is 6.18 Å². The summed E-state index contributed by atoms with van der Waals surface area (Å²) in [4.78, 5) is 15.8. The van der Waals surface area contributed by atoms with Gasteiger partial charge in [0.15, 0.2) is 6.61 Å². The first-order valence-corrected chi connectivity index (χ1v) is 8.34. The summed E-state index contributed by atoms with van der Waals surface area (Å²) < 4.78 is 46.3. The van der Waals surface area contributed by atoms with Gasteiger partial charge in [-0.3, -0.25) is 4.79 Å². The molecule has 1 heterocycles. The minimum absolute atomic E-state index is 0.121. The van der Waals surface area contributed by atoms with Crippen LogP contribution >= 0.6 is 11.6 Å². The summed E-state index contributed by atoms with van der Waals surface area (Å²) in [7, 11) is 1.57. The van der Waals surface area contributed by atoms with Crippen LogP contribution in [-0.4, -0.2) is 37.3 Å². The first-order valence-electron chi connectivity index (χ1n) is 7.96. The van der Waals surface area contributed by atoms with E-state index in [2.05, 4.69) is 15.0 Å². The SMILES string of the molecule is COc1ccc(C)cc1CCNC(=O)c1cnc(OCC(F)(F)F)c(Cl)c1. The maximum Gasteiger partial charge on any atom is 0.422 e. The Morgan fingerprint density at radius 2 is 2.04 bits per heavy atom. The lowest BCUT2D eigenvalue weighted by Crippen LogP contribution is -2.26. The fourth-order valence-electron chi connectivity index (χ4n) is 2.32. The molecule has 9 heteroatoms. The largest absolute Gasteiger partial charge is 0.496 e. The third-order valence-corrected chi connectivity index (χ3v) is 3.83. The Kier molecular flexibility index (Phi) is 6.90. The molecule has 0 aliphatic rings. The molecule has 146 valence electrons. The second-order valence-electron chi connectivity index (χ2n) is 5.74. The number of pyridine rings is 1. The van der Waals surface area contributed by atoms with Crippen molar-refractivity contribution >= 4 is 17.5 Å². The average Bonchev–Trinajstić information content (AvgIpc) is 2.60. The maximum atomic E-state index is 12.2. The number of nitrogens with one attached hydrogen (secondary N) is 1. The molecule has 2 aromatic rings. The zero-order valence-corrected chi connectivity index (χ0v) is 15.4. The van der Waals surface area contributed by atoms with Gasteiger partial charge in [0.05, 0.1) is 12.7 Å². The number of aromatic nitrogens is 1. The fourth-order valence-corrected chi connectivity index (χ4v) is 2.54. The highest BCUT2D eigenvalue weighted by molar-refractivity contribution is 6.32. The number of alkyl halides is 3. The Labute approximate surface area is 159 Å². The van der Waals surface area contributed by atoms with Crippen LogP contribution in [0.25, 0.3) is 0 Å². The number of carbonyl (C=O) groups is 1. The molecule has 0 aliphatic carbocycles. The van der Waals surface area contributed by atoms with Crippen molar-refractivity contribution in [3.63, 3.8) is 0 Å². The lowest BCUT2D eigenvalue weighted by atomic mass is 10.1. The summed E-state index contributed by atoms with van der Waals surface area (Å²) in [6, 6.07) is 6.96. The van der Waals surface area contributed by atoms with Gasteiger partial charge in [-0.05, 0) is 31.0 Å². The highest BCUT2D eigenvalue weighted by atomic mass is 35.5.